The molecule has 0 bridgehead atoms. The molecule has 2 aromatic rings. The fraction of sp³-hybridized carbons (Fsp3) is 0.200. The lowest BCUT2D eigenvalue weighted by molar-refractivity contribution is 0.276. The first-order chi connectivity index (χ1) is 9.63. The van der Waals surface area contributed by atoms with Crippen molar-refractivity contribution >= 4 is 17.3 Å². The van der Waals surface area contributed by atoms with E-state index in [0.29, 0.717) is 11.3 Å². The van der Waals surface area contributed by atoms with Crippen LogP contribution in [0.3, 0.4) is 0 Å². The molecule has 0 radical (unpaired) electrons. The number of hydrogen-bond acceptors (Lipinski definition) is 3. The highest BCUT2D eigenvalue weighted by Crippen LogP contribution is 2.25. The van der Waals surface area contributed by atoms with Gasteiger partial charge in [0.15, 0.2) is 0 Å². The van der Waals surface area contributed by atoms with Gasteiger partial charge in [-0.15, -0.1) is 0 Å². The molecule has 0 amide bonds. The number of ether oxygens (including phenoxy) is 1. The zero-order valence-corrected chi connectivity index (χ0v) is 11.7. The van der Waals surface area contributed by atoms with Crippen molar-refractivity contribution in [1.82, 2.24) is 0 Å². The molecule has 106 valence electrons. The molecule has 1 atom stereocenters. The van der Waals surface area contributed by atoms with E-state index in [0.717, 1.165) is 5.69 Å². The number of anilines is 1. The van der Waals surface area contributed by atoms with Gasteiger partial charge < -0.3 is 15.2 Å². The molecule has 0 heterocycles. The van der Waals surface area contributed by atoms with Crippen molar-refractivity contribution in [2.75, 3.05) is 19.0 Å². The second-order valence-corrected chi connectivity index (χ2v) is 4.69. The average Bonchev–Trinajstić information content (AvgIpc) is 2.48. The topological polar surface area (TPSA) is 41.5 Å². The van der Waals surface area contributed by atoms with Crippen LogP contribution in [0.2, 0.25) is 5.02 Å². The normalized spacial score (nSPS) is 12.0. The van der Waals surface area contributed by atoms with Gasteiger partial charge in [0.1, 0.15) is 11.6 Å². The standard InChI is InChI=1S/C15H15ClFNO2/c1-20-12-4-2-3-11(8-12)18-15(9-19)10-5-6-13(16)14(17)7-10/h2-8,15,18-19H,9H2,1H3. The van der Waals surface area contributed by atoms with Crippen LogP contribution >= 0.6 is 11.6 Å². The summed E-state index contributed by atoms with van der Waals surface area (Å²) in [5.74, 6) is 0.198. The first kappa shape index (κ1) is 14.6. The van der Waals surface area contributed by atoms with Crippen LogP contribution in [-0.4, -0.2) is 18.8 Å². The third kappa shape index (κ3) is 3.40. The van der Waals surface area contributed by atoms with Crippen molar-refractivity contribution in [3.63, 3.8) is 0 Å². The van der Waals surface area contributed by atoms with Crippen LogP contribution in [0.25, 0.3) is 0 Å². The van der Waals surface area contributed by atoms with Gasteiger partial charge in [-0.25, -0.2) is 4.39 Å². The minimum absolute atomic E-state index is 0.0619. The van der Waals surface area contributed by atoms with Crippen LogP contribution in [0.15, 0.2) is 42.5 Å². The number of nitrogens with one attached hydrogen (secondary N) is 1. The number of halogens is 2. The molecule has 0 saturated heterocycles. The van der Waals surface area contributed by atoms with Gasteiger partial charge in [-0.1, -0.05) is 23.7 Å². The molecule has 1 unspecified atom stereocenters. The van der Waals surface area contributed by atoms with Crippen molar-refractivity contribution in [3.8, 4) is 5.75 Å². The van der Waals surface area contributed by atoms with Crippen molar-refractivity contribution in [3.05, 3.63) is 58.9 Å². The molecule has 0 spiro atoms. The summed E-state index contributed by atoms with van der Waals surface area (Å²) in [6.45, 7) is -0.168. The third-order valence-electron chi connectivity index (χ3n) is 2.94. The highest BCUT2D eigenvalue weighted by Gasteiger charge is 2.12. The van der Waals surface area contributed by atoms with Gasteiger partial charge in [-0.05, 0) is 29.8 Å². The van der Waals surface area contributed by atoms with Gasteiger partial charge in [-0.3, -0.25) is 0 Å². The van der Waals surface area contributed by atoms with E-state index in [1.54, 1.807) is 19.2 Å². The SMILES string of the molecule is COc1cccc(NC(CO)c2ccc(Cl)c(F)c2)c1. The highest BCUT2D eigenvalue weighted by molar-refractivity contribution is 6.30. The zero-order chi connectivity index (χ0) is 14.5. The average molecular weight is 296 g/mol. The summed E-state index contributed by atoms with van der Waals surface area (Å²) in [4.78, 5) is 0. The summed E-state index contributed by atoms with van der Waals surface area (Å²) >= 11 is 5.65. The number of rotatable bonds is 5. The monoisotopic (exact) mass is 295 g/mol. The first-order valence-corrected chi connectivity index (χ1v) is 6.48. The molecular formula is C15H15ClFNO2. The number of aliphatic hydroxyl groups is 1. The minimum atomic E-state index is -0.505. The molecule has 2 rings (SSSR count). The molecule has 2 N–H and O–H groups in total. The summed E-state index contributed by atoms with van der Waals surface area (Å²) in [6.07, 6.45) is 0. The minimum Gasteiger partial charge on any atom is -0.497 e. The lowest BCUT2D eigenvalue weighted by Gasteiger charge is -2.18. The van der Waals surface area contributed by atoms with Gasteiger partial charge in [0.05, 0.1) is 24.8 Å². The lowest BCUT2D eigenvalue weighted by atomic mass is 10.1. The smallest absolute Gasteiger partial charge is 0.142 e. The number of aliphatic hydroxyl groups excluding tert-OH is 1. The Hall–Kier alpha value is -1.78. The molecule has 20 heavy (non-hydrogen) atoms. The van der Waals surface area contributed by atoms with Gasteiger partial charge in [0.25, 0.3) is 0 Å². The maximum absolute atomic E-state index is 13.5. The highest BCUT2D eigenvalue weighted by atomic mass is 35.5. The molecule has 0 aliphatic carbocycles. The summed E-state index contributed by atoms with van der Waals surface area (Å²) in [7, 11) is 1.58. The largest absolute Gasteiger partial charge is 0.497 e. The number of methoxy groups -OCH3 is 1. The Kier molecular flexibility index (Phi) is 4.82. The summed E-state index contributed by atoms with van der Waals surface area (Å²) in [5.41, 5.74) is 1.40. The zero-order valence-electron chi connectivity index (χ0n) is 10.9. The first-order valence-electron chi connectivity index (χ1n) is 6.10. The molecule has 0 aliphatic heterocycles. The van der Waals surface area contributed by atoms with Gasteiger partial charge in [0, 0.05) is 11.8 Å². The molecule has 0 aromatic heterocycles. The van der Waals surface area contributed by atoms with E-state index in [-0.39, 0.29) is 11.6 Å². The van der Waals surface area contributed by atoms with E-state index in [1.807, 2.05) is 18.2 Å². The van der Waals surface area contributed by atoms with E-state index in [2.05, 4.69) is 5.32 Å². The van der Waals surface area contributed by atoms with Gasteiger partial charge >= 0.3 is 0 Å². The Balaban J connectivity index is 2.21. The molecule has 0 aliphatic rings. The van der Waals surface area contributed by atoms with Crippen molar-refractivity contribution in [1.29, 1.82) is 0 Å². The van der Waals surface area contributed by atoms with Crippen LogP contribution in [0.1, 0.15) is 11.6 Å². The van der Waals surface area contributed by atoms with E-state index < -0.39 is 11.9 Å². The molecule has 2 aromatic carbocycles. The van der Waals surface area contributed by atoms with E-state index in [9.17, 15) is 9.50 Å². The maximum Gasteiger partial charge on any atom is 0.142 e. The van der Waals surface area contributed by atoms with Crippen LogP contribution in [0, 0.1) is 5.82 Å². The maximum atomic E-state index is 13.5. The van der Waals surface area contributed by atoms with Gasteiger partial charge in [-0.2, -0.15) is 0 Å². The van der Waals surface area contributed by atoms with Crippen LogP contribution in [-0.2, 0) is 0 Å². The summed E-state index contributed by atoms with van der Waals surface area (Å²) in [5, 5.41) is 12.7. The van der Waals surface area contributed by atoms with Crippen molar-refractivity contribution in [2.45, 2.75) is 6.04 Å². The Morgan fingerprint density at radius 1 is 1.30 bits per heavy atom. The Labute approximate surface area is 122 Å². The number of benzene rings is 2. The third-order valence-corrected chi connectivity index (χ3v) is 3.25. The summed E-state index contributed by atoms with van der Waals surface area (Å²) in [6, 6.07) is 11.3. The predicted octanol–water partition coefficient (Wildman–Crippen LogP) is 3.63. The van der Waals surface area contributed by atoms with Crippen LogP contribution in [0.4, 0.5) is 10.1 Å². The fourth-order valence-corrected chi connectivity index (χ4v) is 2.00. The second kappa shape index (κ2) is 6.59. The quantitative estimate of drug-likeness (QED) is 0.885. The Bertz CT molecular complexity index is 592. The van der Waals surface area contributed by atoms with Crippen molar-refractivity contribution < 1.29 is 14.2 Å². The molecule has 0 fully saturated rings. The Morgan fingerprint density at radius 2 is 2.10 bits per heavy atom. The molecule has 0 saturated carbocycles. The number of hydrogen-bond donors (Lipinski definition) is 2. The van der Waals surface area contributed by atoms with Gasteiger partial charge in [0.2, 0.25) is 0 Å². The summed E-state index contributed by atoms with van der Waals surface area (Å²) < 4.78 is 18.6. The fourth-order valence-electron chi connectivity index (χ4n) is 1.88. The predicted molar refractivity (Wildman–Crippen MR) is 77.9 cm³/mol. The van der Waals surface area contributed by atoms with Crippen LogP contribution in [0.5, 0.6) is 5.75 Å². The van der Waals surface area contributed by atoms with Crippen molar-refractivity contribution in [2.24, 2.45) is 0 Å². The molecule has 5 heteroatoms. The second-order valence-electron chi connectivity index (χ2n) is 4.28. The van der Waals surface area contributed by atoms with E-state index >= 15 is 0 Å². The lowest BCUT2D eigenvalue weighted by Crippen LogP contribution is -2.15. The molecular weight excluding hydrogens is 281 g/mol. The van der Waals surface area contributed by atoms with Crippen LogP contribution < -0.4 is 10.1 Å². The molecule has 3 nitrogen and oxygen atoms in total. The Morgan fingerprint density at radius 3 is 2.75 bits per heavy atom. The van der Waals surface area contributed by atoms with E-state index in [1.165, 1.54) is 12.1 Å². The van der Waals surface area contributed by atoms with E-state index in [4.69, 9.17) is 16.3 Å².